The van der Waals surface area contributed by atoms with E-state index in [1.807, 2.05) is 24.3 Å². The van der Waals surface area contributed by atoms with Gasteiger partial charge in [0, 0.05) is 29.9 Å². The lowest BCUT2D eigenvalue weighted by Gasteiger charge is -2.24. The molecule has 2 atom stereocenters. The summed E-state index contributed by atoms with van der Waals surface area (Å²) in [6, 6.07) is 6.61. The summed E-state index contributed by atoms with van der Waals surface area (Å²) in [5.41, 5.74) is 11.1. The summed E-state index contributed by atoms with van der Waals surface area (Å²) < 4.78 is 4.88. The first-order chi connectivity index (χ1) is 10.4. The molecule has 22 heavy (non-hydrogen) atoms. The van der Waals surface area contributed by atoms with Gasteiger partial charge in [-0.15, -0.1) is 0 Å². The van der Waals surface area contributed by atoms with Crippen molar-refractivity contribution in [2.45, 2.75) is 31.5 Å². The number of carbonyl (C=O) groups excluding carboxylic acids is 1. The van der Waals surface area contributed by atoms with Crippen LogP contribution in [0.5, 0.6) is 0 Å². The van der Waals surface area contributed by atoms with Crippen LogP contribution < -0.4 is 11.5 Å². The highest BCUT2D eigenvalue weighted by atomic mass is 16.6. The van der Waals surface area contributed by atoms with Crippen LogP contribution in [0.4, 0.5) is 0 Å². The van der Waals surface area contributed by atoms with E-state index in [-0.39, 0.29) is 12.8 Å². The highest BCUT2D eigenvalue weighted by Crippen LogP contribution is 2.19. The van der Waals surface area contributed by atoms with Gasteiger partial charge in [0.25, 0.3) is 5.72 Å². The van der Waals surface area contributed by atoms with Gasteiger partial charge in [-0.25, -0.2) is 4.79 Å². The number of H-pyrrole nitrogens is 1. The maximum absolute atomic E-state index is 12.0. The van der Waals surface area contributed by atoms with Gasteiger partial charge >= 0.3 is 11.9 Å². The summed E-state index contributed by atoms with van der Waals surface area (Å²) >= 11 is 0. The molecule has 1 aromatic carbocycles. The molecule has 2 aromatic rings. The number of rotatable bonds is 6. The molecule has 0 spiro atoms. The zero-order valence-corrected chi connectivity index (χ0v) is 12.2. The minimum absolute atomic E-state index is 0.0477. The number of hydrogen-bond donors (Lipinski definition) is 4. The van der Waals surface area contributed by atoms with Crippen LogP contribution in [0.25, 0.3) is 10.9 Å². The number of para-hydroxylation sites is 1. The molecule has 7 heteroatoms. The van der Waals surface area contributed by atoms with Crippen molar-refractivity contribution in [2.75, 3.05) is 0 Å². The van der Waals surface area contributed by atoms with Crippen LogP contribution in [0.1, 0.15) is 18.9 Å². The maximum Gasteiger partial charge on any atom is 0.363 e. The number of benzene rings is 1. The van der Waals surface area contributed by atoms with Gasteiger partial charge in [-0.1, -0.05) is 25.1 Å². The molecule has 2 rings (SSSR count). The summed E-state index contributed by atoms with van der Waals surface area (Å²) in [6.07, 6.45) is 1.95. The summed E-state index contributed by atoms with van der Waals surface area (Å²) in [5, 5.41) is 9.97. The van der Waals surface area contributed by atoms with Crippen LogP contribution in [0.2, 0.25) is 0 Å². The van der Waals surface area contributed by atoms with Gasteiger partial charge < -0.3 is 20.6 Å². The van der Waals surface area contributed by atoms with Gasteiger partial charge in [0.15, 0.2) is 0 Å². The lowest BCUT2D eigenvalue weighted by atomic mass is 10.1. The molecule has 7 nitrogen and oxygen atoms in total. The van der Waals surface area contributed by atoms with E-state index in [1.54, 1.807) is 6.20 Å². The molecule has 0 saturated carbocycles. The van der Waals surface area contributed by atoms with Crippen molar-refractivity contribution in [2.24, 2.45) is 11.5 Å². The van der Waals surface area contributed by atoms with E-state index in [4.69, 9.17) is 21.3 Å². The van der Waals surface area contributed by atoms with Crippen molar-refractivity contribution >= 4 is 22.8 Å². The highest BCUT2D eigenvalue weighted by Gasteiger charge is 2.37. The molecular weight excluding hydrogens is 286 g/mol. The number of esters is 1. The van der Waals surface area contributed by atoms with Crippen molar-refractivity contribution in [3.05, 3.63) is 36.0 Å². The van der Waals surface area contributed by atoms with Crippen LogP contribution in [-0.4, -0.2) is 33.8 Å². The lowest BCUT2D eigenvalue weighted by Crippen LogP contribution is -2.53. The molecule has 0 aliphatic heterocycles. The Balaban J connectivity index is 2.10. The summed E-state index contributed by atoms with van der Waals surface area (Å²) in [6.45, 7) is 1.52. The number of carboxylic acids is 1. The van der Waals surface area contributed by atoms with Gasteiger partial charge in [0.05, 0.1) is 0 Å². The Morgan fingerprint density at radius 2 is 2.09 bits per heavy atom. The van der Waals surface area contributed by atoms with Crippen molar-refractivity contribution < 1.29 is 19.4 Å². The van der Waals surface area contributed by atoms with Crippen LogP contribution in [0.15, 0.2) is 30.5 Å². The zero-order valence-electron chi connectivity index (χ0n) is 12.2. The minimum Gasteiger partial charge on any atom is -0.477 e. The van der Waals surface area contributed by atoms with Crippen molar-refractivity contribution in [3.63, 3.8) is 0 Å². The van der Waals surface area contributed by atoms with E-state index in [9.17, 15) is 9.59 Å². The first-order valence-corrected chi connectivity index (χ1v) is 6.93. The van der Waals surface area contributed by atoms with E-state index < -0.39 is 23.7 Å². The third-order valence-electron chi connectivity index (χ3n) is 3.59. The third kappa shape index (κ3) is 3.10. The number of aliphatic carboxylic acids is 1. The topological polar surface area (TPSA) is 131 Å². The number of fused-ring (bicyclic) bond motifs is 1. The Labute approximate surface area is 127 Å². The second-order valence-electron chi connectivity index (χ2n) is 5.14. The Kier molecular flexibility index (Phi) is 4.48. The first-order valence-electron chi connectivity index (χ1n) is 6.93. The van der Waals surface area contributed by atoms with Crippen LogP contribution in [-0.2, 0) is 20.7 Å². The lowest BCUT2D eigenvalue weighted by molar-refractivity contribution is -0.179. The Hall–Kier alpha value is -2.38. The summed E-state index contributed by atoms with van der Waals surface area (Å²) in [4.78, 5) is 26.1. The van der Waals surface area contributed by atoms with Crippen LogP contribution in [0.3, 0.4) is 0 Å². The number of nitrogens with one attached hydrogen (secondary N) is 1. The second kappa shape index (κ2) is 6.17. The number of nitrogens with two attached hydrogens (primary N) is 2. The monoisotopic (exact) mass is 305 g/mol. The van der Waals surface area contributed by atoms with Gasteiger partial charge in [-0.05, 0) is 11.6 Å². The summed E-state index contributed by atoms with van der Waals surface area (Å²) in [7, 11) is 0. The maximum atomic E-state index is 12.0. The normalized spacial score (nSPS) is 15.2. The number of carboxylic acid groups (broad SMARTS) is 1. The van der Waals surface area contributed by atoms with Gasteiger partial charge in [0.1, 0.15) is 6.04 Å². The highest BCUT2D eigenvalue weighted by molar-refractivity contribution is 5.86. The Bertz CT molecular complexity index is 697. The SMILES string of the molecule is CCC(N)(OC(=O)C(N)Cc1c[nH]c2ccccc12)C(=O)O. The number of carbonyl (C=O) groups is 2. The largest absolute Gasteiger partial charge is 0.477 e. The van der Waals surface area contributed by atoms with E-state index in [1.165, 1.54) is 6.92 Å². The fourth-order valence-electron chi connectivity index (χ4n) is 2.14. The second-order valence-corrected chi connectivity index (χ2v) is 5.14. The molecule has 0 radical (unpaired) electrons. The predicted molar refractivity (Wildman–Crippen MR) is 80.9 cm³/mol. The quantitative estimate of drug-likeness (QED) is 0.459. The average molecular weight is 305 g/mol. The number of aromatic nitrogens is 1. The molecule has 0 aliphatic rings. The predicted octanol–water partition coefficient (Wildman–Crippen LogP) is 0.731. The van der Waals surface area contributed by atoms with Gasteiger partial charge in [0.2, 0.25) is 0 Å². The molecule has 0 aliphatic carbocycles. The molecular formula is C15H19N3O4. The number of hydrogen-bond acceptors (Lipinski definition) is 5. The fraction of sp³-hybridized carbons (Fsp3) is 0.333. The number of ether oxygens (including phenoxy) is 1. The van der Waals surface area contributed by atoms with Crippen molar-refractivity contribution in [1.29, 1.82) is 0 Å². The van der Waals surface area contributed by atoms with Crippen molar-refractivity contribution in [3.8, 4) is 0 Å². The third-order valence-corrected chi connectivity index (χ3v) is 3.59. The first kappa shape index (κ1) is 16.0. The van der Waals surface area contributed by atoms with Crippen LogP contribution in [0, 0.1) is 0 Å². The molecule has 1 heterocycles. The molecule has 0 bridgehead atoms. The van der Waals surface area contributed by atoms with Crippen LogP contribution >= 0.6 is 0 Å². The fourth-order valence-corrected chi connectivity index (χ4v) is 2.14. The molecule has 0 amide bonds. The standard InChI is InChI=1S/C15H19N3O4/c1-2-15(17,14(20)21)22-13(19)11(16)7-9-8-18-12-6-4-3-5-10(9)12/h3-6,8,11,18H,2,7,16-17H2,1H3,(H,20,21). The Morgan fingerprint density at radius 3 is 2.73 bits per heavy atom. The molecule has 1 aromatic heterocycles. The summed E-state index contributed by atoms with van der Waals surface area (Å²) in [5.74, 6) is -2.24. The molecule has 118 valence electrons. The van der Waals surface area contributed by atoms with E-state index >= 15 is 0 Å². The number of aromatic amines is 1. The van der Waals surface area contributed by atoms with E-state index in [0.717, 1.165) is 16.5 Å². The minimum atomic E-state index is -2.05. The average Bonchev–Trinajstić information content (AvgIpc) is 2.90. The van der Waals surface area contributed by atoms with E-state index in [2.05, 4.69) is 4.98 Å². The molecule has 0 saturated heterocycles. The molecule has 2 unspecified atom stereocenters. The van der Waals surface area contributed by atoms with Crippen molar-refractivity contribution in [1.82, 2.24) is 4.98 Å². The Morgan fingerprint density at radius 1 is 1.41 bits per heavy atom. The van der Waals surface area contributed by atoms with E-state index in [0.29, 0.717) is 0 Å². The van der Waals surface area contributed by atoms with Gasteiger partial charge in [-0.2, -0.15) is 0 Å². The van der Waals surface area contributed by atoms with Gasteiger partial charge in [-0.3, -0.25) is 10.5 Å². The molecule has 0 fully saturated rings. The zero-order chi connectivity index (χ0) is 16.3. The molecule has 6 N–H and O–H groups in total. The smallest absolute Gasteiger partial charge is 0.363 e.